The van der Waals surface area contributed by atoms with Crippen LogP contribution in [0.15, 0.2) is 36.0 Å². The van der Waals surface area contributed by atoms with E-state index in [4.69, 9.17) is 15.1 Å². The molecule has 0 saturated carbocycles. The molecule has 0 heterocycles. The third kappa shape index (κ3) is 5.32. The van der Waals surface area contributed by atoms with Gasteiger partial charge in [0.25, 0.3) is 5.91 Å². The number of hydrogen-bond acceptors (Lipinski definition) is 5. The first-order valence-electron chi connectivity index (χ1n) is 7.53. The van der Waals surface area contributed by atoms with Crippen molar-refractivity contribution in [3.63, 3.8) is 0 Å². The smallest absolute Gasteiger partial charge is 0.326 e. The van der Waals surface area contributed by atoms with Crippen LogP contribution in [-0.2, 0) is 9.59 Å². The summed E-state index contributed by atoms with van der Waals surface area (Å²) in [4.78, 5) is 23.2. The molecular formula is C17H21N3O4. The van der Waals surface area contributed by atoms with E-state index < -0.39 is 17.9 Å². The molecule has 1 aromatic rings. The zero-order valence-corrected chi connectivity index (χ0v) is 13.9. The van der Waals surface area contributed by atoms with Crippen molar-refractivity contribution in [3.8, 4) is 11.8 Å². The van der Waals surface area contributed by atoms with Crippen molar-refractivity contribution in [3.05, 3.63) is 36.0 Å². The van der Waals surface area contributed by atoms with Crippen LogP contribution in [-0.4, -0.2) is 29.6 Å². The fourth-order valence-corrected chi connectivity index (χ4v) is 1.90. The first-order valence-corrected chi connectivity index (χ1v) is 7.53. The molecule has 24 heavy (non-hydrogen) atoms. The lowest BCUT2D eigenvalue weighted by Crippen LogP contribution is -2.44. The number of nitrogens with zero attached hydrogens (tertiary/aromatic N) is 1. The van der Waals surface area contributed by atoms with Crippen molar-refractivity contribution in [1.29, 1.82) is 5.26 Å². The Hall–Kier alpha value is -3.01. The lowest BCUT2D eigenvalue weighted by atomic mass is 10.0. The molecule has 0 aliphatic carbocycles. The minimum atomic E-state index is -1.15. The highest BCUT2D eigenvalue weighted by molar-refractivity contribution is 5.99. The van der Waals surface area contributed by atoms with Crippen LogP contribution in [0, 0.1) is 17.2 Å². The highest BCUT2D eigenvalue weighted by atomic mass is 16.5. The van der Waals surface area contributed by atoms with Crippen molar-refractivity contribution in [2.24, 2.45) is 5.92 Å². The third-order valence-electron chi connectivity index (χ3n) is 3.14. The monoisotopic (exact) mass is 331 g/mol. The minimum Gasteiger partial charge on any atom is -0.492 e. The molecule has 0 aliphatic heterocycles. The quantitative estimate of drug-likeness (QED) is 0.497. The van der Waals surface area contributed by atoms with Gasteiger partial charge in [0.2, 0.25) is 0 Å². The summed E-state index contributed by atoms with van der Waals surface area (Å²) in [5.41, 5.74) is 0.367. The molecule has 128 valence electrons. The molecule has 1 amide bonds. The second-order valence-corrected chi connectivity index (χ2v) is 5.28. The molecule has 1 unspecified atom stereocenters. The van der Waals surface area contributed by atoms with Gasteiger partial charge in [-0.25, -0.2) is 4.79 Å². The molecule has 0 aromatic heterocycles. The first-order chi connectivity index (χ1) is 11.4. The van der Waals surface area contributed by atoms with Crippen molar-refractivity contribution in [1.82, 2.24) is 5.32 Å². The summed E-state index contributed by atoms with van der Waals surface area (Å²) in [5, 5.41) is 23.4. The fraction of sp³-hybridized carbons (Fsp3) is 0.353. The Labute approximate surface area is 140 Å². The predicted molar refractivity (Wildman–Crippen MR) is 89.3 cm³/mol. The van der Waals surface area contributed by atoms with Crippen molar-refractivity contribution >= 4 is 17.6 Å². The van der Waals surface area contributed by atoms with E-state index in [1.165, 1.54) is 6.20 Å². The molecule has 0 bridgehead atoms. The van der Waals surface area contributed by atoms with Crippen molar-refractivity contribution < 1.29 is 19.4 Å². The van der Waals surface area contributed by atoms with Gasteiger partial charge < -0.3 is 20.5 Å². The molecule has 0 radical (unpaired) electrons. The molecule has 7 nitrogen and oxygen atoms in total. The van der Waals surface area contributed by atoms with Gasteiger partial charge in [-0.1, -0.05) is 26.0 Å². The summed E-state index contributed by atoms with van der Waals surface area (Å²) in [6, 6.07) is 7.77. The molecular weight excluding hydrogens is 310 g/mol. The van der Waals surface area contributed by atoms with Gasteiger partial charge in [-0.3, -0.25) is 4.79 Å². The molecule has 0 aliphatic rings. The fourth-order valence-electron chi connectivity index (χ4n) is 1.90. The topological polar surface area (TPSA) is 111 Å². The van der Waals surface area contributed by atoms with Gasteiger partial charge in [0.05, 0.1) is 12.3 Å². The zero-order chi connectivity index (χ0) is 18.1. The number of para-hydroxylation sites is 2. The van der Waals surface area contributed by atoms with E-state index in [1.54, 1.807) is 44.2 Å². The van der Waals surface area contributed by atoms with Crippen LogP contribution < -0.4 is 15.4 Å². The number of anilines is 1. The number of nitrogens with one attached hydrogen (secondary N) is 2. The van der Waals surface area contributed by atoms with Gasteiger partial charge in [-0.15, -0.1) is 0 Å². The Morgan fingerprint density at radius 1 is 1.38 bits per heavy atom. The van der Waals surface area contributed by atoms with E-state index in [-0.39, 0.29) is 11.5 Å². The maximum Gasteiger partial charge on any atom is 0.326 e. The predicted octanol–water partition coefficient (Wildman–Crippen LogP) is 2.13. The SMILES string of the molecule is CCOc1ccccc1N/C=C(/C#N)C(=O)NC(C(=O)O)C(C)C. The van der Waals surface area contributed by atoms with Crippen LogP contribution in [0.1, 0.15) is 20.8 Å². The first kappa shape index (κ1) is 19.0. The van der Waals surface area contributed by atoms with Crippen LogP contribution in [0.3, 0.4) is 0 Å². The summed E-state index contributed by atoms with van der Waals surface area (Å²) in [7, 11) is 0. The molecule has 3 N–H and O–H groups in total. The Balaban J connectivity index is 2.90. The number of benzene rings is 1. The van der Waals surface area contributed by atoms with Crippen LogP contribution >= 0.6 is 0 Å². The molecule has 1 atom stereocenters. The molecule has 7 heteroatoms. The lowest BCUT2D eigenvalue weighted by molar-refractivity contribution is -0.142. The number of carbonyl (C=O) groups excluding carboxylic acids is 1. The van der Waals surface area contributed by atoms with E-state index >= 15 is 0 Å². The number of nitriles is 1. The van der Waals surface area contributed by atoms with Crippen LogP contribution in [0.5, 0.6) is 5.75 Å². The van der Waals surface area contributed by atoms with Gasteiger partial charge in [0.15, 0.2) is 0 Å². The van der Waals surface area contributed by atoms with Crippen LogP contribution in [0.4, 0.5) is 5.69 Å². The molecule has 0 saturated heterocycles. The second-order valence-electron chi connectivity index (χ2n) is 5.28. The summed E-state index contributed by atoms with van der Waals surface area (Å²) in [6.45, 7) is 5.66. The highest BCUT2D eigenvalue weighted by Gasteiger charge is 2.24. The Morgan fingerprint density at radius 2 is 2.04 bits per heavy atom. The third-order valence-corrected chi connectivity index (χ3v) is 3.14. The molecule has 0 fully saturated rings. The number of amides is 1. The Morgan fingerprint density at radius 3 is 2.58 bits per heavy atom. The number of ether oxygens (including phenoxy) is 1. The van der Waals surface area contributed by atoms with Gasteiger partial charge in [0, 0.05) is 6.20 Å². The average molecular weight is 331 g/mol. The summed E-state index contributed by atoms with van der Waals surface area (Å²) >= 11 is 0. The largest absolute Gasteiger partial charge is 0.492 e. The zero-order valence-electron chi connectivity index (χ0n) is 13.9. The second kappa shape index (κ2) is 9.20. The molecule has 1 rings (SSSR count). The molecule has 1 aromatic carbocycles. The van der Waals surface area contributed by atoms with E-state index in [2.05, 4.69) is 10.6 Å². The highest BCUT2D eigenvalue weighted by Crippen LogP contribution is 2.23. The normalized spacial score (nSPS) is 12.2. The molecule has 0 spiro atoms. The maximum absolute atomic E-state index is 12.1. The van der Waals surface area contributed by atoms with Crippen LogP contribution in [0.25, 0.3) is 0 Å². The van der Waals surface area contributed by atoms with E-state index in [0.717, 1.165) is 0 Å². The minimum absolute atomic E-state index is 0.229. The van der Waals surface area contributed by atoms with E-state index in [1.807, 2.05) is 6.92 Å². The van der Waals surface area contributed by atoms with Gasteiger partial charge in [0.1, 0.15) is 23.4 Å². The lowest BCUT2D eigenvalue weighted by Gasteiger charge is -2.17. The number of hydrogen-bond donors (Lipinski definition) is 3. The van der Waals surface area contributed by atoms with Crippen molar-refractivity contribution in [2.75, 3.05) is 11.9 Å². The maximum atomic E-state index is 12.1. The van der Waals surface area contributed by atoms with Crippen molar-refractivity contribution in [2.45, 2.75) is 26.8 Å². The number of carboxylic acid groups (broad SMARTS) is 1. The Kier molecular flexibility index (Phi) is 7.30. The number of aliphatic carboxylic acids is 1. The summed E-state index contributed by atoms with van der Waals surface area (Å²) in [5.74, 6) is -1.62. The summed E-state index contributed by atoms with van der Waals surface area (Å²) < 4.78 is 5.44. The summed E-state index contributed by atoms with van der Waals surface area (Å²) in [6.07, 6.45) is 1.23. The average Bonchev–Trinajstić information content (AvgIpc) is 2.54. The van der Waals surface area contributed by atoms with Gasteiger partial charge in [-0.2, -0.15) is 5.26 Å². The number of carboxylic acids is 1. The number of rotatable bonds is 8. The standard InChI is InChI=1S/C17H21N3O4/c1-4-24-14-8-6-5-7-13(14)19-10-12(9-18)16(21)20-15(11(2)3)17(22)23/h5-8,10-11,15,19H,4H2,1-3H3,(H,20,21)(H,22,23)/b12-10-. The van der Waals surface area contributed by atoms with E-state index in [9.17, 15) is 9.59 Å². The Bertz CT molecular complexity index is 662. The van der Waals surface area contributed by atoms with Crippen LogP contribution in [0.2, 0.25) is 0 Å². The van der Waals surface area contributed by atoms with E-state index in [0.29, 0.717) is 18.0 Å². The number of carbonyl (C=O) groups is 2. The van der Waals surface area contributed by atoms with Gasteiger partial charge in [-0.05, 0) is 25.0 Å². The van der Waals surface area contributed by atoms with Gasteiger partial charge >= 0.3 is 5.97 Å².